The third-order valence-corrected chi connectivity index (χ3v) is 8.78. The predicted octanol–water partition coefficient (Wildman–Crippen LogP) is 7.80. The van der Waals surface area contributed by atoms with E-state index >= 15 is 0 Å². The van der Waals surface area contributed by atoms with Crippen LogP contribution in [-0.2, 0) is 22.2 Å². The van der Waals surface area contributed by atoms with Gasteiger partial charge >= 0.3 is 12.3 Å². The number of alkyl halides is 3. The van der Waals surface area contributed by atoms with Gasteiger partial charge in [-0.1, -0.05) is 23.2 Å². The Hall–Kier alpha value is -3.70. The zero-order chi connectivity index (χ0) is 33.2. The molecule has 4 heterocycles. The molecule has 1 saturated carbocycles. The number of cyclic esters (lactones) is 1. The maximum absolute atomic E-state index is 13.4. The molecule has 6 rings (SSSR count). The van der Waals surface area contributed by atoms with Gasteiger partial charge < -0.3 is 14.4 Å². The van der Waals surface area contributed by atoms with Gasteiger partial charge in [0.15, 0.2) is 6.29 Å². The van der Waals surface area contributed by atoms with Gasteiger partial charge in [-0.05, 0) is 94.3 Å². The number of ether oxygens (including phenoxy) is 2. The number of aryl methyl sites for hydroxylation is 3. The number of carbonyl (C=O) groups excluding carboxylic acids is 2. The lowest BCUT2D eigenvalue weighted by Crippen LogP contribution is -2.42. The number of amides is 1. The van der Waals surface area contributed by atoms with Gasteiger partial charge in [0.1, 0.15) is 17.1 Å². The van der Waals surface area contributed by atoms with Crippen LogP contribution in [0.3, 0.4) is 0 Å². The summed E-state index contributed by atoms with van der Waals surface area (Å²) in [5.74, 6) is 0.883. The molecule has 8 nitrogen and oxygen atoms in total. The number of carbonyl (C=O) groups is 2. The normalized spacial score (nSPS) is 20.2. The number of rotatable bonds is 7. The number of aldehydes is 1. The Kier molecular flexibility index (Phi) is 10.2. The Balaban J connectivity index is 0.000000356. The second kappa shape index (κ2) is 14.0. The number of benzene rings is 1. The molecule has 0 spiro atoms. The summed E-state index contributed by atoms with van der Waals surface area (Å²) in [4.78, 5) is 35.9. The number of pyridine rings is 2. The van der Waals surface area contributed by atoms with Gasteiger partial charge in [0.05, 0.1) is 23.7 Å². The first kappa shape index (κ1) is 33.7. The van der Waals surface area contributed by atoms with Crippen molar-refractivity contribution in [3.8, 4) is 0 Å². The molecule has 2 aliphatic heterocycles. The number of halogens is 4. The van der Waals surface area contributed by atoms with E-state index in [-0.39, 0.29) is 11.7 Å². The van der Waals surface area contributed by atoms with Crippen molar-refractivity contribution in [3.05, 3.63) is 86.8 Å². The Labute approximate surface area is 271 Å². The Morgan fingerprint density at radius 2 is 1.61 bits per heavy atom. The molecular weight excluding hydrogens is 621 g/mol. The number of nitrogens with zero attached hydrogens (tertiary/aromatic N) is 4. The molecule has 2 aromatic heterocycles. The van der Waals surface area contributed by atoms with Gasteiger partial charge in [0, 0.05) is 43.3 Å². The molecule has 3 aliphatic rings. The van der Waals surface area contributed by atoms with Crippen LogP contribution < -0.4 is 4.90 Å². The monoisotopic (exact) mass is 658 g/mol. The van der Waals surface area contributed by atoms with Gasteiger partial charge in [-0.25, -0.2) is 14.8 Å². The van der Waals surface area contributed by atoms with Crippen LogP contribution in [0.4, 0.5) is 23.8 Å². The van der Waals surface area contributed by atoms with Crippen LogP contribution in [0.25, 0.3) is 0 Å². The Bertz CT molecular complexity index is 1580. The molecule has 2 saturated heterocycles. The number of aromatic nitrogens is 2. The molecule has 0 N–H and O–H groups in total. The van der Waals surface area contributed by atoms with Gasteiger partial charge in [0.2, 0.25) is 0 Å². The minimum absolute atomic E-state index is 0.264. The molecule has 0 bridgehead atoms. The Morgan fingerprint density at radius 1 is 0.957 bits per heavy atom. The highest BCUT2D eigenvalue weighted by atomic mass is 35.5. The van der Waals surface area contributed by atoms with Gasteiger partial charge in [-0.2, -0.15) is 13.2 Å². The fourth-order valence-corrected chi connectivity index (χ4v) is 6.22. The van der Waals surface area contributed by atoms with E-state index < -0.39 is 30.0 Å². The largest absolute Gasteiger partial charge is 0.439 e. The van der Waals surface area contributed by atoms with Crippen LogP contribution in [-0.4, -0.2) is 58.6 Å². The maximum Gasteiger partial charge on any atom is 0.416 e. The zero-order valence-electron chi connectivity index (χ0n) is 26.3. The highest BCUT2D eigenvalue weighted by Crippen LogP contribution is 2.40. The second-order valence-electron chi connectivity index (χ2n) is 12.3. The van der Waals surface area contributed by atoms with E-state index in [1.807, 2.05) is 27.0 Å². The SMILES string of the molecule is Cc1cc([C@H]2OC(=O)N(Cc3cc(C)cnc3N(C3CCOCC3)C3CC3)[C@H]2C)cc(C(F)(F)F)c1.Cc1cnc(Cl)c(C=O)c1. The van der Waals surface area contributed by atoms with Gasteiger partial charge in [-0.15, -0.1) is 0 Å². The van der Waals surface area contributed by atoms with Gasteiger partial charge in [-0.3, -0.25) is 9.69 Å². The summed E-state index contributed by atoms with van der Waals surface area (Å²) in [7, 11) is 0. The van der Waals surface area contributed by atoms with E-state index in [1.54, 1.807) is 30.2 Å². The predicted molar refractivity (Wildman–Crippen MR) is 168 cm³/mol. The molecule has 246 valence electrons. The van der Waals surface area contributed by atoms with Crippen LogP contribution in [0.1, 0.15) is 82.4 Å². The maximum atomic E-state index is 13.4. The van der Waals surface area contributed by atoms with Crippen LogP contribution in [0.15, 0.2) is 42.7 Å². The van der Waals surface area contributed by atoms with Crippen molar-refractivity contribution in [1.82, 2.24) is 14.9 Å². The highest BCUT2D eigenvalue weighted by Gasteiger charge is 2.42. The molecule has 1 amide bonds. The lowest BCUT2D eigenvalue weighted by molar-refractivity contribution is -0.137. The van der Waals surface area contributed by atoms with Gasteiger partial charge in [0.25, 0.3) is 0 Å². The molecule has 1 aliphatic carbocycles. The number of hydrogen-bond donors (Lipinski definition) is 0. The first-order chi connectivity index (χ1) is 21.8. The first-order valence-electron chi connectivity index (χ1n) is 15.4. The molecular formula is C34H38ClF3N4O4. The van der Waals surface area contributed by atoms with E-state index in [0.29, 0.717) is 35.1 Å². The number of anilines is 1. The standard InChI is InChI=1S/C27H32F3N3O3.C7H6ClNO/c1-16-10-19(13-21(12-16)27(28,29)30)24-18(3)32(26(34)36-24)15-20-11-17(2)14-31-25(20)33(22-4-5-22)23-6-8-35-9-7-23;1-5-2-6(4-10)7(8)9-3-5/h10-14,18,22-24H,4-9,15H2,1-3H3;2-4H,1H3/t18-,24-;/m0./s1. The van der Waals surface area contributed by atoms with Crippen LogP contribution >= 0.6 is 11.6 Å². The fourth-order valence-electron chi connectivity index (χ4n) is 6.07. The average molecular weight is 659 g/mol. The van der Waals surface area contributed by atoms with Crippen LogP contribution in [0.5, 0.6) is 0 Å². The summed E-state index contributed by atoms with van der Waals surface area (Å²) in [6, 6.07) is 7.94. The third-order valence-electron chi connectivity index (χ3n) is 8.47. The smallest absolute Gasteiger partial charge is 0.416 e. The minimum atomic E-state index is -4.47. The van der Waals surface area contributed by atoms with Crippen LogP contribution in [0, 0.1) is 20.8 Å². The van der Waals surface area contributed by atoms with E-state index in [0.717, 1.165) is 73.5 Å². The summed E-state index contributed by atoms with van der Waals surface area (Å²) in [6.45, 7) is 9.00. The summed E-state index contributed by atoms with van der Waals surface area (Å²) >= 11 is 5.55. The second-order valence-corrected chi connectivity index (χ2v) is 12.6. The summed E-state index contributed by atoms with van der Waals surface area (Å²) in [5.41, 5.74) is 3.40. The average Bonchev–Trinajstić information content (AvgIpc) is 3.81. The molecule has 0 radical (unpaired) electrons. The van der Waals surface area contributed by atoms with Crippen molar-refractivity contribution < 1.29 is 32.2 Å². The molecule has 3 aromatic rings. The molecule has 3 fully saturated rings. The van der Waals surface area contributed by atoms with Crippen molar-refractivity contribution in [3.63, 3.8) is 0 Å². The lowest BCUT2D eigenvalue weighted by Gasteiger charge is -2.37. The minimum Gasteiger partial charge on any atom is -0.439 e. The first-order valence-corrected chi connectivity index (χ1v) is 15.8. The number of hydrogen-bond acceptors (Lipinski definition) is 7. The van der Waals surface area contributed by atoms with Crippen molar-refractivity contribution in [2.75, 3.05) is 18.1 Å². The van der Waals surface area contributed by atoms with Crippen molar-refractivity contribution in [2.45, 2.75) is 90.3 Å². The lowest BCUT2D eigenvalue weighted by atomic mass is 9.98. The molecule has 12 heteroatoms. The molecule has 0 unspecified atom stereocenters. The molecule has 2 atom stereocenters. The van der Waals surface area contributed by atoms with E-state index in [2.05, 4.69) is 16.0 Å². The summed E-state index contributed by atoms with van der Waals surface area (Å²) < 4.78 is 51.5. The topological polar surface area (TPSA) is 84.9 Å². The Morgan fingerprint density at radius 3 is 2.24 bits per heavy atom. The van der Waals surface area contributed by atoms with Crippen LogP contribution in [0.2, 0.25) is 5.15 Å². The third kappa shape index (κ3) is 7.81. The fraction of sp³-hybridized carbons (Fsp3) is 0.471. The van der Waals surface area contributed by atoms with E-state index in [9.17, 15) is 22.8 Å². The quantitative estimate of drug-likeness (QED) is 0.189. The zero-order valence-corrected chi connectivity index (χ0v) is 27.1. The summed E-state index contributed by atoms with van der Waals surface area (Å²) in [5, 5.41) is 0.264. The van der Waals surface area contributed by atoms with Crippen molar-refractivity contribution in [1.29, 1.82) is 0 Å². The van der Waals surface area contributed by atoms with E-state index in [1.165, 1.54) is 0 Å². The summed E-state index contributed by atoms with van der Waals surface area (Å²) in [6.07, 6.45) is 2.50. The van der Waals surface area contributed by atoms with Crippen molar-refractivity contribution >= 4 is 29.8 Å². The van der Waals surface area contributed by atoms with E-state index in [4.69, 9.17) is 26.1 Å². The molecule has 1 aromatic carbocycles. The van der Waals surface area contributed by atoms with Crippen molar-refractivity contribution in [2.24, 2.45) is 0 Å². The molecule has 46 heavy (non-hydrogen) atoms. The highest BCUT2D eigenvalue weighted by molar-refractivity contribution is 6.31.